The number of aryl methyl sites for hydroxylation is 1. The highest BCUT2D eigenvalue weighted by Gasteiger charge is 2.27. The Morgan fingerprint density at radius 3 is 2.68 bits per heavy atom. The molecule has 2 amide bonds. The number of rotatable bonds is 5. The summed E-state index contributed by atoms with van der Waals surface area (Å²) in [6.07, 6.45) is 2.02. The van der Waals surface area contributed by atoms with Gasteiger partial charge in [0.15, 0.2) is 0 Å². The number of benzene rings is 1. The third-order valence-corrected chi connectivity index (χ3v) is 5.34. The van der Waals surface area contributed by atoms with Crippen LogP contribution in [0.3, 0.4) is 0 Å². The first kappa shape index (κ1) is 19.9. The number of carbonyl (C=O) groups excluding carboxylic acids is 2. The molecule has 150 valence electrons. The Balaban J connectivity index is 1.68. The molecule has 1 aromatic carbocycles. The summed E-state index contributed by atoms with van der Waals surface area (Å²) in [7, 11) is 0. The van der Waals surface area contributed by atoms with Crippen molar-refractivity contribution in [2.45, 2.75) is 45.7 Å². The van der Waals surface area contributed by atoms with Gasteiger partial charge in [-0.3, -0.25) is 14.4 Å². The molecule has 0 saturated carbocycles. The summed E-state index contributed by atoms with van der Waals surface area (Å²) in [5.41, 5.74) is 1.81. The lowest BCUT2D eigenvalue weighted by Gasteiger charge is -2.29. The molecule has 2 aromatic rings. The van der Waals surface area contributed by atoms with E-state index in [1.165, 1.54) is 11.8 Å². The Morgan fingerprint density at radius 1 is 1.21 bits per heavy atom. The molecular weight excluding hydrogens is 360 g/mol. The number of imidazole rings is 1. The molecule has 1 fully saturated rings. The average Bonchev–Trinajstić information content (AvgIpc) is 2.82. The Bertz CT molecular complexity index is 891. The van der Waals surface area contributed by atoms with E-state index in [4.69, 9.17) is 5.11 Å². The van der Waals surface area contributed by atoms with Crippen LogP contribution in [0.5, 0.6) is 0 Å². The summed E-state index contributed by atoms with van der Waals surface area (Å²) in [5, 5.41) is 9.06. The van der Waals surface area contributed by atoms with E-state index in [0.29, 0.717) is 25.9 Å². The number of carboxylic acids is 1. The summed E-state index contributed by atoms with van der Waals surface area (Å²) < 4.78 is 1.92. The molecule has 1 saturated heterocycles. The first-order chi connectivity index (χ1) is 13.4. The van der Waals surface area contributed by atoms with Crippen molar-refractivity contribution in [2.75, 3.05) is 19.6 Å². The second kappa shape index (κ2) is 8.41. The molecule has 1 unspecified atom stereocenters. The van der Waals surface area contributed by atoms with Gasteiger partial charge in [0.05, 0.1) is 11.0 Å². The van der Waals surface area contributed by atoms with Crippen LogP contribution in [-0.2, 0) is 20.9 Å². The van der Waals surface area contributed by atoms with E-state index in [2.05, 4.69) is 4.98 Å². The van der Waals surface area contributed by atoms with Crippen LogP contribution in [0.4, 0.5) is 0 Å². The zero-order valence-corrected chi connectivity index (χ0v) is 16.3. The van der Waals surface area contributed by atoms with Crippen LogP contribution < -0.4 is 0 Å². The van der Waals surface area contributed by atoms with Crippen molar-refractivity contribution in [1.29, 1.82) is 0 Å². The van der Waals surface area contributed by atoms with Gasteiger partial charge in [-0.2, -0.15) is 0 Å². The maximum Gasteiger partial charge on any atom is 0.323 e. The zero-order valence-electron chi connectivity index (χ0n) is 16.3. The summed E-state index contributed by atoms with van der Waals surface area (Å²) in [6, 6.07) is 7.59. The second-order valence-electron chi connectivity index (χ2n) is 7.24. The SMILES string of the molecule is CC(=O)N(CC(=O)O)C1CCCN(C(=O)Cn2c(C)nc3ccccc32)CC1. The first-order valence-corrected chi connectivity index (χ1v) is 9.55. The summed E-state index contributed by atoms with van der Waals surface area (Å²) in [5.74, 6) is -0.450. The summed E-state index contributed by atoms with van der Waals surface area (Å²) in [6.45, 7) is 4.33. The number of likely N-dealkylation sites (tertiary alicyclic amines) is 1. The third kappa shape index (κ3) is 4.32. The van der Waals surface area contributed by atoms with Crippen LogP contribution >= 0.6 is 0 Å². The molecule has 1 aliphatic rings. The van der Waals surface area contributed by atoms with E-state index in [9.17, 15) is 14.4 Å². The minimum atomic E-state index is -1.02. The molecule has 0 radical (unpaired) electrons. The molecule has 1 aromatic heterocycles. The first-order valence-electron chi connectivity index (χ1n) is 9.55. The standard InChI is InChI=1S/C20H26N4O4/c1-14-21-17-7-3-4-8-18(17)23(14)12-19(26)22-10-5-6-16(9-11-22)24(15(2)25)13-20(27)28/h3-4,7-8,16H,5-6,9-13H2,1-2H3,(H,27,28). The van der Waals surface area contributed by atoms with Crippen molar-refractivity contribution >= 4 is 28.8 Å². The van der Waals surface area contributed by atoms with Crippen molar-refractivity contribution < 1.29 is 19.5 Å². The minimum Gasteiger partial charge on any atom is -0.480 e. The Kier molecular flexibility index (Phi) is 5.96. The van der Waals surface area contributed by atoms with Crippen molar-refractivity contribution in [3.63, 3.8) is 0 Å². The van der Waals surface area contributed by atoms with Crippen LogP contribution in [0.2, 0.25) is 0 Å². The number of carbonyl (C=O) groups is 3. The van der Waals surface area contributed by atoms with E-state index in [1.54, 1.807) is 0 Å². The third-order valence-electron chi connectivity index (χ3n) is 5.34. The van der Waals surface area contributed by atoms with Gasteiger partial charge in [-0.25, -0.2) is 4.98 Å². The normalized spacial score (nSPS) is 17.4. The van der Waals surface area contributed by atoms with Crippen molar-refractivity contribution in [3.8, 4) is 0 Å². The van der Waals surface area contributed by atoms with E-state index in [-0.39, 0.29) is 30.9 Å². The lowest BCUT2D eigenvalue weighted by Crippen LogP contribution is -2.43. The second-order valence-corrected chi connectivity index (χ2v) is 7.24. The molecule has 1 atom stereocenters. The van der Waals surface area contributed by atoms with Crippen LogP contribution in [0.15, 0.2) is 24.3 Å². The molecule has 0 spiro atoms. The van der Waals surface area contributed by atoms with Crippen LogP contribution in [-0.4, -0.2) is 67.9 Å². The fraction of sp³-hybridized carbons (Fsp3) is 0.500. The number of hydrogen-bond donors (Lipinski definition) is 1. The van der Waals surface area contributed by atoms with E-state index in [0.717, 1.165) is 23.3 Å². The Morgan fingerprint density at radius 2 is 1.96 bits per heavy atom. The number of hydrogen-bond acceptors (Lipinski definition) is 4. The number of aromatic nitrogens is 2. The number of fused-ring (bicyclic) bond motifs is 1. The average molecular weight is 386 g/mol. The Hall–Kier alpha value is -2.90. The van der Waals surface area contributed by atoms with E-state index < -0.39 is 5.97 Å². The number of amides is 2. The largest absolute Gasteiger partial charge is 0.480 e. The number of aliphatic carboxylic acids is 1. The number of nitrogens with zero attached hydrogens (tertiary/aromatic N) is 4. The molecular formula is C20H26N4O4. The summed E-state index contributed by atoms with van der Waals surface area (Å²) >= 11 is 0. The fourth-order valence-corrected chi connectivity index (χ4v) is 3.91. The van der Waals surface area contributed by atoms with Gasteiger partial charge in [-0.15, -0.1) is 0 Å². The topological polar surface area (TPSA) is 95.7 Å². The van der Waals surface area contributed by atoms with Gasteiger partial charge in [0.25, 0.3) is 0 Å². The maximum absolute atomic E-state index is 12.9. The molecule has 28 heavy (non-hydrogen) atoms. The summed E-state index contributed by atoms with van der Waals surface area (Å²) in [4.78, 5) is 43.5. The highest BCUT2D eigenvalue weighted by Crippen LogP contribution is 2.19. The van der Waals surface area contributed by atoms with Gasteiger partial charge >= 0.3 is 5.97 Å². The van der Waals surface area contributed by atoms with Gasteiger partial charge in [0.1, 0.15) is 18.9 Å². The lowest BCUT2D eigenvalue weighted by molar-refractivity contribution is -0.145. The quantitative estimate of drug-likeness (QED) is 0.843. The molecule has 2 heterocycles. The predicted molar refractivity (Wildman–Crippen MR) is 104 cm³/mol. The molecule has 8 nitrogen and oxygen atoms in total. The predicted octanol–water partition coefficient (Wildman–Crippen LogP) is 1.66. The van der Waals surface area contributed by atoms with Crippen LogP contribution in [0, 0.1) is 6.92 Å². The van der Waals surface area contributed by atoms with Gasteiger partial charge in [0, 0.05) is 26.1 Å². The van der Waals surface area contributed by atoms with Crippen molar-refractivity contribution in [1.82, 2.24) is 19.4 Å². The monoisotopic (exact) mass is 386 g/mol. The highest BCUT2D eigenvalue weighted by atomic mass is 16.4. The molecule has 3 rings (SSSR count). The van der Waals surface area contributed by atoms with Crippen molar-refractivity contribution in [2.24, 2.45) is 0 Å². The van der Waals surface area contributed by atoms with Crippen LogP contribution in [0.1, 0.15) is 32.0 Å². The lowest BCUT2D eigenvalue weighted by atomic mass is 10.1. The molecule has 8 heteroatoms. The van der Waals surface area contributed by atoms with Gasteiger partial charge in [0.2, 0.25) is 11.8 Å². The number of para-hydroxylation sites is 2. The van der Waals surface area contributed by atoms with Gasteiger partial charge < -0.3 is 19.5 Å². The Labute approximate surface area is 163 Å². The minimum absolute atomic E-state index is 0.0134. The van der Waals surface area contributed by atoms with Crippen molar-refractivity contribution in [3.05, 3.63) is 30.1 Å². The molecule has 1 aliphatic heterocycles. The maximum atomic E-state index is 12.9. The molecule has 0 aliphatic carbocycles. The van der Waals surface area contributed by atoms with E-state index >= 15 is 0 Å². The molecule has 0 bridgehead atoms. The van der Waals surface area contributed by atoms with E-state index in [1.807, 2.05) is 40.7 Å². The fourth-order valence-electron chi connectivity index (χ4n) is 3.91. The number of carboxylic acid groups (broad SMARTS) is 1. The van der Waals surface area contributed by atoms with Crippen LogP contribution in [0.25, 0.3) is 11.0 Å². The highest BCUT2D eigenvalue weighted by molar-refractivity contribution is 5.81. The smallest absolute Gasteiger partial charge is 0.323 e. The molecule has 1 N–H and O–H groups in total. The zero-order chi connectivity index (χ0) is 20.3. The van der Waals surface area contributed by atoms with Gasteiger partial charge in [-0.1, -0.05) is 12.1 Å². The van der Waals surface area contributed by atoms with Gasteiger partial charge in [-0.05, 0) is 38.3 Å².